The van der Waals surface area contributed by atoms with E-state index >= 15 is 0 Å². The molecule has 1 nitrogen and oxygen atoms in total. The molecule has 0 aliphatic carbocycles. The van der Waals surface area contributed by atoms with E-state index in [0.717, 1.165) is 3.57 Å². The lowest BCUT2D eigenvalue weighted by molar-refractivity contribution is 0.630. The fraction of sp³-hybridized carbons (Fsp3) is 0. The van der Waals surface area contributed by atoms with Gasteiger partial charge in [-0.25, -0.2) is 13.8 Å². The summed E-state index contributed by atoms with van der Waals surface area (Å²) >= 11 is 2.10. The van der Waals surface area contributed by atoms with Gasteiger partial charge < -0.3 is 0 Å². The first-order valence-corrected chi connectivity index (χ1v) is 7.41. The quantitative estimate of drug-likeness (QED) is 0.539. The summed E-state index contributed by atoms with van der Waals surface area (Å²) in [4.78, 5) is 4.45. The number of hydrogen-bond donors (Lipinski definition) is 0. The van der Waals surface area contributed by atoms with Gasteiger partial charge in [0.05, 0.1) is 11.4 Å². The third kappa shape index (κ3) is 2.81. The molecular formula is C17H10F2IN. The molecule has 0 fully saturated rings. The zero-order chi connectivity index (χ0) is 14.8. The van der Waals surface area contributed by atoms with E-state index in [1.165, 1.54) is 12.1 Å². The van der Waals surface area contributed by atoms with Crippen LogP contribution in [-0.2, 0) is 0 Å². The summed E-state index contributed by atoms with van der Waals surface area (Å²) in [6, 6.07) is 16.4. The van der Waals surface area contributed by atoms with Crippen LogP contribution in [0.15, 0.2) is 60.7 Å². The molecule has 21 heavy (non-hydrogen) atoms. The van der Waals surface area contributed by atoms with Crippen LogP contribution in [0.3, 0.4) is 0 Å². The molecule has 0 saturated heterocycles. The monoisotopic (exact) mass is 393 g/mol. The molecule has 0 N–H and O–H groups in total. The Morgan fingerprint density at radius 1 is 0.714 bits per heavy atom. The zero-order valence-corrected chi connectivity index (χ0v) is 13.0. The minimum Gasteiger partial charge on any atom is -0.246 e. The fourth-order valence-corrected chi connectivity index (χ4v) is 2.69. The molecule has 0 atom stereocenters. The smallest absolute Gasteiger partial charge is 0.132 e. The van der Waals surface area contributed by atoms with E-state index in [0.29, 0.717) is 22.5 Å². The van der Waals surface area contributed by atoms with Gasteiger partial charge in [-0.1, -0.05) is 24.3 Å². The van der Waals surface area contributed by atoms with Crippen molar-refractivity contribution < 1.29 is 8.78 Å². The Labute approximate surface area is 134 Å². The van der Waals surface area contributed by atoms with Gasteiger partial charge in [-0.05, 0) is 59.0 Å². The summed E-state index contributed by atoms with van der Waals surface area (Å²) in [5.41, 5.74) is 1.84. The summed E-state index contributed by atoms with van der Waals surface area (Å²) < 4.78 is 28.6. The molecule has 0 aliphatic heterocycles. The maximum Gasteiger partial charge on any atom is 0.132 e. The Hall–Kier alpha value is -1.82. The van der Waals surface area contributed by atoms with Crippen molar-refractivity contribution in [1.82, 2.24) is 4.98 Å². The lowest BCUT2D eigenvalue weighted by Gasteiger charge is -2.09. The van der Waals surface area contributed by atoms with Crippen LogP contribution in [0.5, 0.6) is 0 Å². The molecule has 1 heterocycles. The van der Waals surface area contributed by atoms with Gasteiger partial charge in [0.2, 0.25) is 0 Å². The second kappa shape index (κ2) is 5.89. The van der Waals surface area contributed by atoms with E-state index < -0.39 is 0 Å². The number of pyridine rings is 1. The molecule has 0 radical (unpaired) electrons. The van der Waals surface area contributed by atoms with Crippen molar-refractivity contribution in [3.05, 3.63) is 75.9 Å². The van der Waals surface area contributed by atoms with Crippen LogP contribution >= 0.6 is 22.6 Å². The Morgan fingerprint density at radius 2 is 1.29 bits per heavy atom. The van der Waals surface area contributed by atoms with Crippen molar-refractivity contribution in [2.75, 3.05) is 0 Å². The van der Waals surface area contributed by atoms with Gasteiger partial charge in [-0.15, -0.1) is 0 Å². The highest BCUT2D eigenvalue weighted by atomic mass is 127. The normalized spacial score (nSPS) is 10.6. The minimum absolute atomic E-state index is 0.339. The highest BCUT2D eigenvalue weighted by molar-refractivity contribution is 14.1. The lowest BCUT2D eigenvalue weighted by atomic mass is 10.1. The summed E-state index contributed by atoms with van der Waals surface area (Å²) in [5.74, 6) is -0.681. The average molecular weight is 393 g/mol. The molecule has 3 rings (SSSR count). The Balaban J connectivity index is 2.18. The van der Waals surface area contributed by atoms with Gasteiger partial charge in [0.1, 0.15) is 11.6 Å². The first kappa shape index (κ1) is 14.1. The average Bonchev–Trinajstić information content (AvgIpc) is 2.49. The van der Waals surface area contributed by atoms with E-state index in [9.17, 15) is 8.78 Å². The number of halogens is 3. The van der Waals surface area contributed by atoms with Crippen molar-refractivity contribution in [2.45, 2.75) is 0 Å². The Bertz CT molecular complexity index is 802. The minimum atomic E-state index is -0.342. The van der Waals surface area contributed by atoms with E-state index in [1.807, 2.05) is 6.07 Å². The molecule has 0 unspecified atom stereocenters. The van der Waals surface area contributed by atoms with Crippen LogP contribution in [0.25, 0.3) is 22.5 Å². The van der Waals surface area contributed by atoms with E-state index in [-0.39, 0.29) is 11.6 Å². The second-order valence-corrected chi connectivity index (χ2v) is 5.65. The molecule has 2 aromatic carbocycles. The summed E-state index contributed by atoms with van der Waals surface area (Å²) in [5, 5.41) is 0. The van der Waals surface area contributed by atoms with Crippen molar-refractivity contribution >= 4 is 22.6 Å². The summed E-state index contributed by atoms with van der Waals surface area (Å²) in [6.07, 6.45) is 0. The Morgan fingerprint density at radius 3 is 1.90 bits per heavy atom. The van der Waals surface area contributed by atoms with E-state index in [4.69, 9.17) is 0 Å². The van der Waals surface area contributed by atoms with Crippen molar-refractivity contribution in [1.29, 1.82) is 0 Å². The SMILES string of the molecule is Fc1ccccc1-c1ccc(I)c(-c2ccccc2F)n1. The van der Waals surface area contributed by atoms with Crippen LogP contribution in [0, 0.1) is 15.2 Å². The summed E-state index contributed by atoms with van der Waals surface area (Å²) in [6.45, 7) is 0. The van der Waals surface area contributed by atoms with Gasteiger partial charge in [0.15, 0.2) is 0 Å². The highest BCUT2D eigenvalue weighted by Crippen LogP contribution is 2.29. The molecule has 1 aromatic heterocycles. The number of nitrogens with zero attached hydrogens (tertiary/aromatic N) is 1. The third-order valence-corrected chi connectivity index (χ3v) is 4.00. The number of aromatic nitrogens is 1. The molecular weight excluding hydrogens is 383 g/mol. The fourth-order valence-electron chi connectivity index (χ4n) is 2.10. The van der Waals surface area contributed by atoms with Gasteiger partial charge in [0.25, 0.3) is 0 Å². The van der Waals surface area contributed by atoms with Crippen molar-refractivity contribution in [3.63, 3.8) is 0 Å². The van der Waals surface area contributed by atoms with Gasteiger partial charge in [-0.2, -0.15) is 0 Å². The maximum atomic E-state index is 14.0. The molecule has 0 aliphatic rings. The Kier molecular flexibility index (Phi) is 3.96. The number of hydrogen-bond acceptors (Lipinski definition) is 1. The maximum absolute atomic E-state index is 14.0. The predicted molar refractivity (Wildman–Crippen MR) is 87.7 cm³/mol. The highest BCUT2D eigenvalue weighted by Gasteiger charge is 2.13. The van der Waals surface area contributed by atoms with Gasteiger partial charge in [-0.3, -0.25) is 0 Å². The van der Waals surface area contributed by atoms with Gasteiger partial charge in [0, 0.05) is 14.7 Å². The largest absolute Gasteiger partial charge is 0.246 e. The van der Waals surface area contributed by atoms with E-state index in [1.54, 1.807) is 42.5 Å². The standard InChI is InChI=1S/C17H10F2IN/c18-13-7-3-1-5-11(13)16-10-9-15(20)17(21-16)12-6-2-4-8-14(12)19/h1-10H. The lowest BCUT2D eigenvalue weighted by Crippen LogP contribution is -1.95. The third-order valence-electron chi connectivity index (χ3n) is 3.12. The second-order valence-electron chi connectivity index (χ2n) is 4.49. The van der Waals surface area contributed by atoms with Crippen molar-refractivity contribution in [3.8, 4) is 22.5 Å². The van der Waals surface area contributed by atoms with Crippen LogP contribution in [0.4, 0.5) is 8.78 Å². The first-order chi connectivity index (χ1) is 10.2. The molecule has 4 heteroatoms. The van der Waals surface area contributed by atoms with Gasteiger partial charge >= 0.3 is 0 Å². The van der Waals surface area contributed by atoms with Crippen LogP contribution in [-0.4, -0.2) is 4.98 Å². The van der Waals surface area contributed by atoms with Crippen molar-refractivity contribution in [2.24, 2.45) is 0 Å². The molecule has 0 bridgehead atoms. The molecule has 3 aromatic rings. The van der Waals surface area contributed by atoms with Crippen LogP contribution < -0.4 is 0 Å². The predicted octanol–water partition coefficient (Wildman–Crippen LogP) is 5.30. The van der Waals surface area contributed by atoms with Crippen LogP contribution in [0.1, 0.15) is 0 Å². The molecule has 0 saturated carbocycles. The zero-order valence-electron chi connectivity index (χ0n) is 10.9. The van der Waals surface area contributed by atoms with E-state index in [2.05, 4.69) is 27.6 Å². The molecule has 0 spiro atoms. The number of benzene rings is 2. The molecule has 0 amide bonds. The summed E-state index contributed by atoms with van der Waals surface area (Å²) in [7, 11) is 0. The topological polar surface area (TPSA) is 12.9 Å². The van der Waals surface area contributed by atoms with Crippen LogP contribution in [0.2, 0.25) is 0 Å². The number of rotatable bonds is 2. The first-order valence-electron chi connectivity index (χ1n) is 6.33. The molecule has 104 valence electrons.